The molecule has 2 radical (unpaired) electrons. The normalized spacial score (nSPS) is 8.35. The zero-order valence-electron chi connectivity index (χ0n) is 10.8. The van der Waals surface area contributed by atoms with Crippen molar-refractivity contribution in [3.05, 3.63) is 0 Å². The maximum atomic E-state index is 4.81. The van der Waals surface area contributed by atoms with Gasteiger partial charge in [0.25, 0.3) is 0 Å². The van der Waals surface area contributed by atoms with Crippen molar-refractivity contribution >= 4 is 75.4 Å². The van der Waals surface area contributed by atoms with Crippen molar-refractivity contribution in [2.75, 3.05) is 26.2 Å². The van der Waals surface area contributed by atoms with Crippen molar-refractivity contribution in [2.24, 2.45) is 0 Å². The van der Waals surface area contributed by atoms with Crippen molar-refractivity contribution in [3.8, 4) is 0 Å². The van der Waals surface area contributed by atoms with Crippen LogP contribution in [0.2, 0.25) is 0 Å². The fraction of sp³-hybridized carbons (Fsp3) is 0.800. The molecule has 0 aliphatic heterocycles. The van der Waals surface area contributed by atoms with Crippen molar-refractivity contribution in [3.63, 3.8) is 0 Å². The number of hydrogen-bond donors (Lipinski definition) is 2. The first kappa shape index (κ1) is 23.1. The van der Waals surface area contributed by atoms with Crippen LogP contribution >= 0.6 is 49.7 Å². The summed E-state index contributed by atoms with van der Waals surface area (Å²) in [5, 5.41) is 0. The van der Waals surface area contributed by atoms with Gasteiger partial charge in [0, 0.05) is 43.2 Å². The second-order valence-electron chi connectivity index (χ2n) is 2.91. The molecule has 7 heteroatoms. The SMILES string of the molecule is CCN(CC)C(=S)S.CCN(CC)C(=S)S.[Se]. The topological polar surface area (TPSA) is 6.48 Å². The second-order valence-corrected chi connectivity index (χ2v) is 5.14. The van der Waals surface area contributed by atoms with Gasteiger partial charge in [-0.15, -0.1) is 25.3 Å². The van der Waals surface area contributed by atoms with Gasteiger partial charge in [-0.05, 0) is 27.7 Å². The van der Waals surface area contributed by atoms with Crippen molar-refractivity contribution < 1.29 is 0 Å². The first-order valence-electron chi connectivity index (χ1n) is 5.40. The van der Waals surface area contributed by atoms with Gasteiger partial charge in [0.15, 0.2) is 0 Å². The Labute approximate surface area is 138 Å². The first-order valence-corrected chi connectivity index (χ1v) is 7.11. The maximum Gasteiger partial charge on any atom is 0.133 e. The molecule has 0 fully saturated rings. The van der Waals surface area contributed by atoms with E-state index in [4.69, 9.17) is 24.4 Å². The summed E-state index contributed by atoms with van der Waals surface area (Å²) in [5.41, 5.74) is 0. The van der Waals surface area contributed by atoms with E-state index >= 15 is 0 Å². The Kier molecular flexibility index (Phi) is 20.5. The van der Waals surface area contributed by atoms with E-state index in [9.17, 15) is 0 Å². The zero-order chi connectivity index (χ0) is 13.1. The fourth-order valence-corrected chi connectivity index (χ4v) is 2.07. The quantitative estimate of drug-likeness (QED) is 0.442. The molecular weight excluding hydrogens is 355 g/mol. The fourth-order valence-electron chi connectivity index (χ4n) is 0.988. The Balaban J connectivity index is -0.000000218. The molecule has 2 nitrogen and oxygen atoms in total. The molecule has 0 atom stereocenters. The third kappa shape index (κ3) is 13.2. The number of thiol groups is 2. The molecule has 0 saturated heterocycles. The van der Waals surface area contributed by atoms with Crippen LogP contribution in [0.3, 0.4) is 0 Å². The Bertz CT molecular complexity index is 184. The monoisotopic (exact) mass is 378 g/mol. The van der Waals surface area contributed by atoms with Gasteiger partial charge in [0.1, 0.15) is 8.64 Å². The molecule has 0 aromatic rings. The molecule has 0 unspecified atom stereocenters. The molecule has 0 spiro atoms. The summed E-state index contributed by atoms with van der Waals surface area (Å²) in [6.45, 7) is 12.1. The van der Waals surface area contributed by atoms with Gasteiger partial charge in [-0.3, -0.25) is 0 Å². The van der Waals surface area contributed by atoms with E-state index in [1.165, 1.54) is 0 Å². The third-order valence-electron chi connectivity index (χ3n) is 2.07. The molecule has 0 aromatic heterocycles. The first-order chi connectivity index (χ1) is 7.44. The van der Waals surface area contributed by atoms with Gasteiger partial charge in [-0.25, -0.2) is 0 Å². The van der Waals surface area contributed by atoms with Gasteiger partial charge in [-0.1, -0.05) is 24.4 Å². The van der Waals surface area contributed by atoms with E-state index in [1.807, 2.05) is 9.80 Å². The summed E-state index contributed by atoms with van der Waals surface area (Å²) >= 11 is 17.6. The number of thiocarbonyl (C=S) groups is 2. The van der Waals surface area contributed by atoms with Crippen LogP contribution < -0.4 is 0 Å². The molecule has 0 aromatic carbocycles. The minimum absolute atomic E-state index is 0. The molecule has 17 heavy (non-hydrogen) atoms. The van der Waals surface area contributed by atoms with E-state index in [1.54, 1.807) is 0 Å². The van der Waals surface area contributed by atoms with Gasteiger partial charge in [0.2, 0.25) is 0 Å². The predicted octanol–water partition coefficient (Wildman–Crippen LogP) is 2.71. The standard InChI is InChI=1S/2C5H11NS2.Se/c2*1-3-6(4-2)5(7)8;/h2*3-4H2,1-2H3,(H,7,8);. The molecule has 0 bridgehead atoms. The molecule has 0 N–H and O–H groups in total. The smallest absolute Gasteiger partial charge is 0.133 e. The Hall–Kier alpha value is 0.999. The number of rotatable bonds is 4. The van der Waals surface area contributed by atoms with Crippen molar-refractivity contribution in [2.45, 2.75) is 27.7 Å². The molecule has 102 valence electrons. The van der Waals surface area contributed by atoms with E-state index in [-0.39, 0.29) is 17.1 Å². The Morgan fingerprint density at radius 3 is 0.941 bits per heavy atom. The van der Waals surface area contributed by atoms with Gasteiger partial charge < -0.3 is 9.80 Å². The molecule has 0 rings (SSSR count). The average molecular weight is 378 g/mol. The average Bonchev–Trinajstić information content (AvgIpc) is 2.21. The van der Waals surface area contributed by atoms with Crippen LogP contribution in [0.25, 0.3) is 0 Å². The van der Waals surface area contributed by atoms with Crippen molar-refractivity contribution in [1.82, 2.24) is 9.80 Å². The second kappa shape index (κ2) is 15.1. The molecule has 0 saturated carbocycles. The van der Waals surface area contributed by atoms with E-state index < -0.39 is 0 Å². The molecule has 0 heterocycles. The van der Waals surface area contributed by atoms with E-state index in [0.717, 1.165) is 26.2 Å². The van der Waals surface area contributed by atoms with Gasteiger partial charge >= 0.3 is 0 Å². The summed E-state index contributed by atoms with van der Waals surface area (Å²) in [5.74, 6) is 0. The Morgan fingerprint density at radius 1 is 0.765 bits per heavy atom. The molecular formula is C10H22N2S4Se. The van der Waals surface area contributed by atoms with Crippen LogP contribution in [0.1, 0.15) is 27.7 Å². The molecule has 0 amide bonds. The summed E-state index contributed by atoms with van der Waals surface area (Å²) in [6, 6.07) is 0. The minimum atomic E-state index is 0. The van der Waals surface area contributed by atoms with Gasteiger partial charge in [0.05, 0.1) is 0 Å². The number of hydrogen-bond acceptors (Lipinski definition) is 2. The maximum absolute atomic E-state index is 4.81. The third-order valence-corrected chi connectivity index (χ3v) is 3.15. The minimum Gasteiger partial charge on any atom is -0.358 e. The largest absolute Gasteiger partial charge is 0.358 e. The zero-order valence-corrected chi connectivity index (χ0v) is 16.0. The molecule has 0 aliphatic carbocycles. The summed E-state index contributed by atoms with van der Waals surface area (Å²) < 4.78 is 1.38. The summed E-state index contributed by atoms with van der Waals surface area (Å²) in [4.78, 5) is 4.02. The van der Waals surface area contributed by atoms with Crippen molar-refractivity contribution in [1.29, 1.82) is 0 Å². The summed E-state index contributed by atoms with van der Waals surface area (Å²) in [7, 11) is 0. The van der Waals surface area contributed by atoms with Crippen LogP contribution in [0, 0.1) is 0 Å². The van der Waals surface area contributed by atoms with Crippen LogP contribution in [0.5, 0.6) is 0 Å². The van der Waals surface area contributed by atoms with Crippen LogP contribution in [0.15, 0.2) is 0 Å². The van der Waals surface area contributed by atoms with E-state index in [2.05, 4.69) is 53.0 Å². The van der Waals surface area contributed by atoms with Gasteiger partial charge in [-0.2, -0.15) is 0 Å². The van der Waals surface area contributed by atoms with E-state index in [0.29, 0.717) is 8.64 Å². The molecule has 0 aliphatic rings. The van der Waals surface area contributed by atoms with Crippen LogP contribution in [-0.4, -0.2) is 61.7 Å². The van der Waals surface area contributed by atoms with Crippen LogP contribution in [0.4, 0.5) is 0 Å². The summed E-state index contributed by atoms with van der Waals surface area (Å²) in [6.07, 6.45) is 0. The number of nitrogens with zero attached hydrogens (tertiary/aromatic N) is 2. The van der Waals surface area contributed by atoms with Crippen LogP contribution in [-0.2, 0) is 0 Å². The predicted molar refractivity (Wildman–Crippen MR) is 94.8 cm³/mol. The Morgan fingerprint density at radius 2 is 0.941 bits per heavy atom.